The van der Waals surface area contributed by atoms with E-state index in [2.05, 4.69) is 37.9 Å². The SMILES string of the molecule is Cc1ccc(-c2noc(C(C)N3CCN(C(=O)c4cc5cc(Br)ccc5o4)CC3)n2)cc1. The van der Waals surface area contributed by atoms with Gasteiger partial charge in [-0.05, 0) is 38.1 Å². The molecule has 1 aliphatic heterocycles. The van der Waals surface area contributed by atoms with E-state index in [1.165, 1.54) is 5.56 Å². The molecule has 0 saturated carbocycles. The molecule has 4 aromatic rings. The van der Waals surface area contributed by atoms with Gasteiger partial charge in [-0.3, -0.25) is 9.69 Å². The largest absolute Gasteiger partial charge is 0.451 e. The van der Waals surface area contributed by atoms with Crippen LogP contribution in [-0.2, 0) is 0 Å². The second kappa shape index (κ2) is 8.52. The molecule has 2 aromatic heterocycles. The van der Waals surface area contributed by atoms with Crippen LogP contribution >= 0.6 is 15.9 Å². The Balaban J connectivity index is 1.23. The molecule has 1 atom stereocenters. The van der Waals surface area contributed by atoms with Crippen molar-refractivity contribution in [2.24, 2.45) is 0 Å². The third-order valence-electron chi connectivity index (χ3n) is 5.95. The van der Waals surface area contributed by atoms with Crippen molar-refractivity contribution in [1.29, 1.82) is 0 Å². The number of amides is 1. The second-order valence-electron chi connectivity index (χ2n) is 8.12. The highest BCUT2D eigenvalue weighted by Crippen LogP contribution is 2.26. The highest BCUT2D eigenvalue weighted by Gasteiger charge is 2.29. The van der Waals surface area contributed by atoms with Gasteiger partial charge in [-0.15, -0.1) is 0 Å². The van der Waals surface area contributed by atoms with Crippen LogP contribution in [0.1, 0.15) is 35.0 Å². The van der Waals surface area contributed by atoms with Crippen molar-refractivity contribution in [3.8, 4) is 11.4 Å². The van der Waals surface area contributed by atoms with E-state index in [1.54, 1.807) is 0 Å². The van der Waals surface area contributed by atoms with Crippen LogP contribution in [0.15, 0.2) is 61.9 Å². The molecular formula is C24H23BrN4O3. The van der Waals surface area contributed by atoms with Gasteiger partial charge in [-0.1, -0.05) is 50.9 Å². The Kier molecular flexibility index (Phi) is 5.57. The van der Waals surface area contributed by atoms with Gasteiger partial charge in [0.15, 0.2) is 5.76 Å². The Morgan fingerprint density at radius 3 is 2.56 bits per heavy atom. The minimum atomic E-state index is -0.0796. The Morgan fingerprint density at radius 2 is 1.81 bits per heavy atom. The van der Waals surface area contributed by atoms with Crippen LogP contribution in [-0.4, -0.2) is 52.0 Å². The number of carbonyl (C=O) groups excluding carboxylic acids is 1. The molecule has 8 heteroatoms. The smallest absolute Gasteiger partial charge is 0.289 e. The molecule has 2 aromatic carbocycles. The van der Waals surface area contributed by atoms with Crippen LogP contribution in [0, 0.1) is 6.92 Å². The predicted molar refractivity (Wildman–Crippen MR) is 124 cm³/mol. The average molecular weight is 495 g/mol. The molecule has 5 rings (SSSR count). The van der Waals surface area contributed by atoms with Crippen molar-refractivity contribution in [1.82, 2.24) is 19.9 Å². The maximum atomic E-state index is 12.9. The molecule has 3 heterocycles. The first-order valence-corrected chi connectivity index (χ1v) is 11.4. The lowest BCUT2D eigenvalue weighted by Crippen LogP contribution is -2.49. The molecule has 7 nitrogen and oxygen atoms in total. The molecule has 1 aliphatic rings. The summed E-state index contributed by atoms with van der Waals surface area (Å²) in [5, 5.41) is 5.06. The molecule has 0 N–H and O–H groups in total. The maximum Gasteiger partial charge on any atom is 0.289 e. The number of piperazine rings is 1. The summed E-state index contributed by atoms with van der Waals surface area (Å²) >= 11 is 3.45. The minimum Gasteiger partial charge on any atom is -0.451 e. The summed E-state index contributed by atoms with van der Waals surface area (Å²) in [7, 11) is 0. The van der Waals surface area contributed by atoms with Crippen LogP contribution in [0.5, 0.6) is 0 Å². The molecule has 0 aliphatic carbocycles. The number of rotatable bonds is 4. The van der Waals surface area contributed by atoms with Gasteiger partial charge in [0.25, 0.3) is 5.91 Å². The van der Waals surface area contributed by atoms with Crippen molar-refractivity contribution in [2.75, 3.05) is 26.2 Å². The standard InChI is InChI=1S/C24H23BrN4O3/c1-15-3-5-17(6-4-15)22-26-23(32-27-22)16(2)28-9-11-29(12-10-28)24(30)21-14-18-13-19(25)7-8-20(18)31-21/h3-8,13-14,16H,9-12H2,1-2H3. The molecule has 1 saturated heterocycles. The second-order valence-corrected chi connectivity index (χ2v) is 9.03. The Hall–Kier alpha value is -2.97. The molecule has 32 heavy (non-hydrogen) atoms. The zero-order valence-corrected chi connectivity index (χ0v) is 19.5. The zero-order valence-electron chi connectivity index (χ0n) is 17.9. The van der Waals surface area contributed by atoms with Crippen molar-refractivity contribution >= 4 is 32.8 Å². The zero-order chi connectivity index (χ0) is 22.2. The van der Waals surface area contributed by atoms with E-state index in [0.717, 1.165) is 28.5 Å². The third-order valence-corrected chi connectivity index (χ3v) is 6.44. The number of hydrogen-bond donors (Lipinski definition) is 0. The molecule has 164 valence electrons. The van der Waals surface area contributed by atoms with E-state index >= 15 is 0 Å². The van der Waals surface area contributed by atoms with Gasteiger partial charge in [-0.2, -0.15) is 4.98 Å². The summed E-state index contributed by atoms with van der Waals surface area (Å²) in [6, 6.07) is 15.6. The van der Waals surface area contributed by atoms with Crippen molar-refractivity contribution in [2.45, 2.75) is 19.9 Å². The van der Waals surface area contributed by atoms with E-state index < -0.39 is 0 Å². The van der Waals surface area contributed by atoms with Crippen LogP contribution in [0.2, 0.25) is 0 Å². The van der Waals surface area contributed by atoms with Crippen LogP contribution in [0.25, 0.3) is 22.4 Å². The van der Waals surface area contributed by atoms with E-state index in [4.69, 9.17) is 8.94 Å². The molecule has 0 radical (unpaired) electrons. The summed E-state index contributed by atoms with van der Waals surface area (Å²) in [6.45, 7) is 6.78. The number of aryl methyl sites for hydroxylation is 1. The fourth-order valence-corrected chi connectivity index (χ4v) is 4.35. The highest BCUT2D eigenvalue weighted by molar-refractivity contribution is 9.10. The molecule has 1 fully saturated rings. The van der Waals surface area contributed by atoms with Crippen molar-refractivity contribution < 1.29 is 13.7 Å². The monoisotopic (exact) mass is 494 g/mol. The van der Waals surface area contributed by atoms with E-state index in [0.29, 0.717) is 36.1 Å². The lowest BCUT2D eigenvalue weighted by Gasteiger charge is -2.36. The van der Waals surface area contributed by atoms with E-state index in [-0.39, 0.29) is 11.9 Å². The van der Waals surface area contributed by atoms with Crippen molar-refractivity contribution in [3.63, 3.8) is 0 Å². The number of halogens is 1. The third kappa shape index (κ3) is 4.08. The lowest BCUT2D eigenvalue weighted by atomic mass is 10.1. The fourth-order valence-electron chi connectivity index (χ4n) is 3.97. The summed E-state index contributed by atoms with van der Waals surface area (Å²) in [6.07, 6.45) is 0. The van der Waals surface area contributed by atoms with Gasteiger partial charge >= 0.3 is 0 Å². The number of benzene rings is 2. The number of furan rings is 1. The average Bonchev–Trinajstić information content (AvgIpc) is 3.46. The van der Waals surface area contributed by atoms with Gasteiger partial charge in [-0.25, -0.2) is 0 Å². The normalized spacial score (nSPS) is 15.9. The van der Waals surface area contributed by atoms with E-state index in [1.807, 2.05) is 60.4 Å². The quantitative estimate of drug-likeness (QED) is 0.394. The van der Waals surface area contributed by atoms with Crippen LogP contribution < -0.4 is 0 Å². The van der Waals surface area contributed by atoms with E-state index in [9.17, 15) is 4.79 Å². The fraction of sp³-hybridized carbons (Fsp3) is 0.292. The Morgan fingerprint density at radius 1 is 1.06 bits per heavy atom. The number of fused-ring (bicyclic) bond motifs is 1. The molecular weight excluding hydrogens is 472 g/mol. The van der Waals surface area contributed by atoms with Gasteiger partial charge in [0, 0.05) is 41.6 Å². The number of aromatic nitrogens is 2. The van der Waals surface area contributed by atoms with Gasteiger partial charge in [0.2, 0.25) is 11.7 Å². The van der Waals surface area contributed by atoms with Gasteiger partial charge < -0.3 is 13.8 Å². The molecule has 1 amide bonds. The first-order chi connectivity index (χ1) is 15.5. The van der Waals surface area contributed by atoms with Crippen molar-refractivity contribution in [3.05, 3.63) is 70.2 Å². The van der Waals surface area contributed by atoms with Crippen LogP contribution in [0.3, 0.4) is 0 Å². The summed E-state index contributed by atoms with van der Waals surface area (Å²) in [5.41, 5.74) is 2.84. The van der Waals surface area contributed by atoms with Gasteiger partial charge in [0.1, 0.15) is 5.58 Å². The first-order valence-electron chi connectivity index (χ1n) is 10.6. The molecule has 0 spiro atoms. The molecule has 1 unspecified atom stereocenters. The van der Waals surface area contributed by atoms with Gasteiger partial charge in [0.05, 0.1) is 6.04 Å². The Labute approximate surface area is 194 Å². The lowest BCUT2D eigenvalue weighted by molar-refractivity contribution is 0.0526. The summed E-state index contributed by atoms with van der Waals surface area (Å²) < 4.78 is 12.3. The Bertz CT molecular complexity index is 1260. The van der Waals surface area contributed by atoms with Crippen LogP contribution in [0.4, 0.5) is 0 Å². The highest BCUT2D eigenvalue weighted by atomic mass is 79.9. The predicted octanol–water partition coefficient (Wildman–Crippen LogP) is 5.07. The maximum absolute atomic E-state index is 12.9. The first kappa shape index (κ1) is 20.9. The topological polar surface area (TPSA) is 75.6 Å². The number of hydrogen-bond acceptors (Lipinski definition) is 6. The summed E-state index contributed by atoms with van der Waals surface area (Å²) in [4.78, 5) is 21.6. The number of carbonyl (C=O) groups is 1. The number of nitrogens with zero attached hydrogens (tertiary/aromatic N) is 4. The minimum absolute atomic E-state index is 0.0255. The molecule has 0 bridgehead atoms. The summed E-state index contributed by atoms with van der Waals surface area (Å²) in [5.74, 6) is 1.48.